The Kier molecular flexibility index (Phi) is 9.89. The molecule has 252 valence electrons. The molecular weight excluding hydrogens is 610 g/mol. The highest BCUT2D eigenvalue weighted by molar-refractivity contribution is 6.30. The molecular formula is C39H50ClN3O4. The number of fused-ring (bicyclic) bond motifs is 3. The second-order valence-corrected chi connectivity index (χ2v) is 15.2. The maximum absolute atomic E-state index is 12.9. The first-order valence-corrected chi connectivity index (χ1v) is 17.7. The maximum Gasteiger partial charge on any atom is 0.329 e. The Morgan fingerprint density at radius 1 is 1.15 bits per heavy atom. The van der Waals surface area contributed by atoms with Crippen LogP contribution in [0, 0.1) is 11.8 Å². The largest absolute Gasteiger partial charge is 0.493 e. The van der Waals surface area contributed by atoms with E-state index in [4.69, 9.17) is 16.3 Å². The van der Waals surface area contributed by atoms with E-state index >= 15 is 0 Å². The number of hydrogen-bond donors (Lipinski definition) is 3. The Labute approximate surface area is 284 Å². The Hall–Kier alpha value is -3.13. The van der Waals surface area contributed by atoms with Crippen molar-refractivity contribution in [2.75, 3.05) is 32.6 Å². The second-order valence-electron chi connectivity index (χ2n) is 14.8. The molecule has 1 aromatic heterocycles. The van der Waals surface area contributed by atoms with E-state index in [1.54, 1.807) is 12.1 Å². The highest BCUT2D eigenvalue weighted by atomic mass is 35.5. The van der Waals surface area contributed by atoms with E-state index in [9.17, 15) is 15.0 Å². The van der Waals surface area contributed by atoms with E-state index in [0.29, 0.717) is 42.2 Å². The van der Waals surface area contributed by atoms with Crippen molar-refractivity contribution in [1.82, 2.24) is 9.88 Å². The van der Waals surface area contributed by atoms with Gasteiger partial charge in [-0.2, -0.15) is 0 Å². The topological polar surface area (TPSA) is 94.9 Å². The van der Waals surface area contributed by atoms with Crippen molar-refractivity contribution >= 4 is 23.3 Å². The molecule has 1 heterocycles. The van der Waals surface area contributed by atoms with Crippen LogP contribution in [0.4, 0.5) is 5.69 Å². The van der Waals surface area contributed by atoms with Gasteiger partial charge in [0.05, 0.1) is 19.3 Å². The number of nitrogens with one attached hydrogen (secondary N) is 1. The van der Waals surface area contributed by atoms with E-state index in [1.165, 1.54) is 35.2 Å². The Morgan fingerprint density at radius 2 is 1.94 bits per heavy atom. The van der Waals surface area contributed by atoms with Crippen LogP contribution in [0.1, 0.15) is 98.7 Å². The van der Waals surface area contributed by atoms with Gasteiger partial charge in [0.2, 0.25) is 0 Å². The van der Waals surface area contributed by atoms with Crippen molar-refractivity contribution in [3.05, 3.63) is 87.7 Å². The number of likely N-dealkylation sites (N-methyl/N-ethyl adjacent to an activating group) is 1. The summed E-state index contributed by atoms with van der Waals surface area (Å²) in [6, 6.07) is 16.0. The van der Waals surface area contributed by atoms with Crippen LogP contribution in [0.15, 0.2) is 54.7 Å². The molecule has 0 aliphatic heterocycles. The molecule has 6 rings (SSSR count). The Morgan fingerprint density at radius 3 is 2.64 bits per heavy atom. The summed E-state index contributed by atoms with van der Waals surface area (Å²) in [5.74, 6) is 1.30. The molecule has 2 aromatic carbocycles. The lowest BCUT2D eigenvalue weighted by Gasteiger charge is -2.47. The fraction of sp³-hybridized carbons (Fsp3) is 0.538. The molecule has 7 nitrogen and oxygen atoms in total. The zero-order valence-corrected chi connectivity index (χ0v) is 29.0. The van der Waals surface area contributed by atoms with Gasteiger partial charge in [0.15, 0.2) is 0 Å². The summed E-state index contributed by atoms with van der Waals surface area (Å²) in [5.41, 5.74) is 5.79. The third-order valence-electron chi connectivity index (χ3n) is 11.5. The fourth-order valence-corrected chi connectivity index (χ4v) is 9.08. The quantitative estimate of drug-likeness (QED) is 0.193. The van der Waals surface area contributed by atoms with Crippen molar-refractivity contribution in [1.29, 1.82) is 0 Å². The van der Waals surface area contributed by atoms with Gasteiger partial charge in [-0.3, -0.25) is 4.98 Å². The third kappa shape index (κ3) is 6.64. The zero-order chi connectivity index (χ0) is 33.3. The van der Waals surface area contributed by atoms with Crippen LogP contribution >= 0.6 is 11.6 Å². The van der Waals surface area contributed by atoms with Crippen molar-refractivity contribution in [3.63, 3.8) is 0 Å². The maximum atomic E-state index is 12.9. The lowest BCUT2D eigenvalue weighted by atomic mass is 9.59. The van der Waals surface area contributed by atoms with E-state index in [2.05, 4.69) is 47.2 Å². The number of pyridine rings is 1. The minimum atomic E-state index is -1.07. The number of aliphatic carboxylic acids is 1. The first kappa shape index (κ1) is 33.8. The molecule has 4 atom stereocenters. The summed E-state index contributed by atoms with van der Waals surface area (Å²) in [6.45, 7) is 5.25. The van der Waals surface area contributed by atoms with Gasteiger partial charge in [-0.05, 0) is 136 Å². The Balaban J connectivity index is 1.27. The molecule has 3 aliphatic carbocycles. The molecule has 8 heteroatoms. The van der Waals surface area contributed by atoms with Gasteiger partial charge in [-0.25, -0.2) is 4.79 Å². The molecule has 0 saturated heterocycles. The lowest BCUT2D eigenvalue weighted by molar-refractivity contribution is -0.144. The number of hydrogen-bond acceptors (Lipinski definition) is 6. The van der Waals surface area contributed by atoms with E-state index in [0.717, 1.165) is 49.1 Å². The molecule has 1 fully saturated rings. The van der Waals surface area contributed by atoms with Crippen LogP contribution < -0.4 is 10.1 Å². The normalized spacial score (nSPS) is 26.4. The smallest absolute Gasteiger partial charge is 0.329 e. The molecule has 1 spiro atoms. The average molecular weight is 660 g/mol. The van der Waals surface area contributed by atoms with E-state index in [-0.39, 0.29) is 18.1 Å². The van der Waals surface area contributed by atoms with Crippen molar-refractivity contribution < 1.29 is 19.7 Å². The van der Waals surface area contributed by atoms with Gasteiger partial charge in [0, 0.05) is 28.2 Å². The van der Waals surface area contributed by atoms with Crippen LogP contribution in [-0.4, -0.2) is 58.9 Å². The van der Waals surface area contributed by atoms with Crippen LogP contribution in [-0.2, 0) is 23.1 Å². The first-order valence-electron chi connectivity index (χ1n) is 17.3. The number of aliphatic hydroxyl groups is 1. The van der Waals surface area contributed by atoms with E-state index in [1.807, 2.05) is 38.5 Å². The number of anilines is 1. The summed E-state index contributed by atoms with van der Waals surface area (Å²) in [5, 5.41) is 24.8. The summed E-state index contributed by atoms with van der Waals surface area (Å²) in [6.07, 6.45) is 9.77. The number of nitrogens with zero attached hydrogens (tertiary/aromatic N) is 2. The summed E-state index contributed by atoms with van der Waals surface area (Å²) < 4.78 is 6.56. The van der Waals surface area contributed by atoms with Crippen LogP contribution in [0.3, 0.4) is 0 Å². The van der Waals surface area contributed by atoms with Gasteiger partial charge >= 0.3 is 5.97 Å². The number of carboxylic acids is 1. The molecule has 0 amide bonds. The number of halogens is 1. The van der Waals surface area contributed by atoms with Crippen LogP contribution in [0.25, 0.3) is 0 Å². The standard InChI is InChI=1S/C39H50ClN3O4/c1-25(24-47-35-13-18-41-33-10-5-7-26(2)36(33)35)19-29-20-27-11-12-28(34(23-44)43(3)4)21-32(27)38(29)14-16-39(17-15-38,37(45)46)42-31-9-6-8-30(40)22-31/h6,8-9,11-13,18,21-22,25-26,29,34,42,44H,5,7,10,14-17,19-20,23-24H2,1-4H3,(H,45,46)/t25-,26-,29+,34+,38?,39?/m1/s1. The minimum absolute atomic E-state index is 0.0413. The monoisotopic (exact) mass is 659 g/mol. The number of aryl methyl sites for hydroxylation is 1. The Bertz CT molecular complexity index is 1580. The number of aromatic nitrogens is 1. The second kappa shape index (κ2) is 13.8. The number of ether oxygens (including phenoxy) is 1. The predicted molar refractivity (Wildman–Crippen MR) is 188 cm³/mol. The molecule has 3 N–H and O–H groups in total. The number of carboxylic acid groups (broad SMARTS) is 1. The van der Waals surface area contributed by atoms with Gasteiger partial charge in [-0.15, -0.1) is 0 Å². The molecule has 0 radical (unpaired) electrons. The first-order chi connectivity index (χ1) is 22.5. The summed E-state index contributed by atoms with van der Waals surface area (Å²) >= 11 is 6.27. The zero-order valence-electron chi connectivity index (χ0n) is 28.3. The summed E-state index contributed by atoms with van der Waals surface area (Å²) in [7, 11) is 4.00. The molecule has 0 unspecified atom stereocenters. The fourth-order valence-electron chi connectivity index (χ4n) is 8.89. The molecule has 3 aliphatic rings. The minimum Gasteiger partial charge on any atom is -0.493 e. The molecule has 1 saturated carbocycles. The van der Waals surface area contributed by atoms with Crippen LogP contribution in [0.2, 0.25) is 5.02 Å². The summed E-state index contributed by atoms with van der Waals surface area (Å²) in [4.78, 5) is 19.6. The highest BCUT2D eigenvalue weighted by Crippen LogP contribution is 2.56. The van der Waals surface area contributed by atoms with Gasteiger partial charge in [-0.1, -0.05) is 49.7 Å². The van der Waals surface area contributed by atoms with Gasteiger partial charge < -0.3 is 25.2 Å². The lowest BCUT2D eigenvalue weighted by Crippen LogP contribution is -2.53. The van der Waals surface area contributed by atoms with Crippen molar-refractivity contribution in [2.24, 2.45) is 11.8 Å². The third-order valence-corrected chi connectivity index (χ3v) is 11.7. The SMILES string of the molecule is C[C@@H](COc1ccnc2c1[C@H](C)CCC2)C[C@H]1Cc2ccc([C@H](CO)N(C)C)cc2C12CCC(Nc1cccc(Cl)c1)(C(=O)O)CC2. The average Bonchev–Trinajstić information content (AvgIpc) is 3.33. The molecule has 3 aromatic rings. The number of carbonyl (C=O) groups is 1. The molecule has 0 bridgehead atoms. The highest BCUT2D eigenvalue weighted by Gasteiger charge is 2.54. The van der Waals surface area contributed by atoms with Gasteiger partial charge in [0.1, 0.15) is 11.3 Å². The number of aliphatic hydroxyl groups excluding tert-OH is 1. The van der Waals surface area contributed by atoms with Crippen molar-refractivity contribution in [2.45, 2.75) is 94.5 Å². The van der Waals surface area contributed by atoms with Gasteiger partial charge in [0.25, 0.3) is 0 Å². The number of benzene rings is 2. The number of rotatable bonds is 11. The van der Waals surface area contributed by atoms with E-state index < -0.39 is 11.5 Å². The van der Waals surface area contributed by atoms with Crippen LogP contribution in [0.5, 0.6) is 5.75 Å². The predicted octanol–water partition coefficient (Wildman–Crippen LogP) is 7.79. The van der Waals surface area contributed by atoms with Crippen molar-refractivity contribution in [3.8, 4) is 5.75 Å². The molecule has 47 heavy (non-hydrogen) atoms.